The number of hydrogen-bond donors (Lipinski definition) is 0. The molecule has 1 aliphatic rings. The topological polar surface area (TPSA) is 0 Å². The van der Waals surface area contributed by atoms with Crippen molar-refractivity contribution in [3.8, 4) is 0 Å². The molecule has 1 aliphatic carbocycles. The zero-order valence-corrected chi connectivity index (χ0v) is 6.43. The number of allylic oxidation sites excluding steroid dienone is 2. The molecule has 0 aromatic rings. The zero-order valence-electron chi connectivity index (χ0n) is 6.43. The molecule has 1 fully saturated rings. The van der Waals surface area contributed by atoms with E-state index in [2.05, 4.69) is 26.0 Å². The predicted octanol–water partition coefficient (Wildman–Crippen LogP) is 3.00. The van der Waals surface area contributed by atoms with Gasteiger partial charge in [-0.15, -0.1) is 0 Å². The minimum Gasteiger partial charge on any atom is -0.0914 e. The molecule has 0 saturated heterocycles. The largest absolute Gasteiger partial charge is 0.0914 e. The van der Waals surface area contributed by atoms with E-state index in [1.165, 1.54) is 19.3 Å². The molecule has 1 saturated carbocycles. The van der Waals surface area contributed by atoms with E-state index in [4.69, 9.17) is 0 Å². The Bertz CT molecular complexity index is 103. The maximum atomic E-state index is 2.36. The molecular formula is C9H16. The van der Waals surface area contributed by atoms with Gasteiger partial charge in [-0.1, -0.05) is 31.9 Å². The Morgan fingerprint density at radius 2 is 2.11 bits per heavy atom. The normalized spacial score (nSPS) is 36.2. The Balaban J connectivity index is 2.39. The lowest BCUT2D eigenvalue weighted by Crippen LogP contribution is -1.98. The fourth-order valence-electron chi connectivity index (χ4n) is 1.71. The maximum absolute atomic E-state index is 2.36. The lowest BCUT2D eigenvalue weighted by atomic mass is 9.98. The van der Waals surface area contributed by atoms with Crippen molar-refractivity contribution in [3.05, 3.63) is 12.2 Å². The van der Waals surface area contributed by atoms with Gasteiger partial charge < -0.3 is 0 Å². The molecule has 0 heterocycles. The van der Waals surface area contributed by atoms with Gasteiger partial charge in [-0.3, -0.25) is 0 Å². The van der Waals surface area contributed by atoms with E-state index in [0.29, 0.717) is 0 Å². The van der Waals surface area contributed by atoms with Gasteiger partial charge in [0.15, 0.2) is 0 Å². The van der Waals surface area contributed by atoms with E-state index in [1.807, 2.05) is 0 Å². The number of hydrogen-bond acceptors (Lipinski definition) is 0. The first-order chi connectivity index (χ1) is 4.34. The molecule has 0 radical (unpaired) electrons. The average molecular weight is 124 g/mol. The van der Waals surface area contributed by atoms with Gasteiger partial charge in [0, 0.05) is 0 Å². The van der Waals surface area contributed by atoms with Crippen molar-refractivity contribution >= 4 is 0 Å². The second kappa shape index (κ2) is 3.05. The molecule has 0 bridgehead atoms. The third-order valence-corrected chi connectivity index (χ3v) is 2.37. The van der Waals surface area contributed by atoms with Crippen molar-refractivity contribution in [2.24, 2.45) is 11.8 Å². The first kappa shape index (κ1) is 6.85. The summed E-state index contributed by atoms with van der Waals surface area (Å²) in [5.74, 6) is 1.84. The third-order valence-electron chi connectivity index (χ3n) is 2.37. The van der Waals surface area contributed by atoms with Gasteiger partial charge in [0.1, 0.15) is 0 Å². The van der Waals surface area contributed by atoms with Crippen LogP contribution in [0.4, 0.5) is 0 Å². The Labute approximate surface area is 58.0 Å². The van der Waals surface area contributed by atoms with Gasteiger partial charge in [0.25, 0.3) is 0 Å². The fraction of sp³-hybridized carbons (Fsp3) is 0.778. The molecule has 0 aromatic carbocycles. The highest BCUT2D eigenvalue weighted by Crippen LogP contribution is 2.31. The molecule has 0 N–H and O–H groups in total. The molecule has 2 atom stereocenters. The Morgan fingerprint density at radius 3 is 2.56 bits per heavy atom. The lowest BCUT2D eigenvalue weighted by molar-refractivity contribution is 0.503. The highest BCUT2D eigenvalue weighted by Gasteiger charge is 2.19. The molecular weight excluding hydrogens is 108 g/mol. The molecule has 0 aliphatic heterocycles. The minimum absolute atomic E-state index is 0.898. The molecule has 1 rings (SSSR count). The van der Waals surface area contributed by atoms with Crippen LogP contribution in [0.5, 0.6) is 0 Å². The van der Waals surface area contributed by atoms with E-state index in [1.54, 1.807) is 0 Å². The van der Waals surface area contributed by atoms with Crippen molar-refractivity contribution in [2.45, 2.75) is 33.1 Å². The molecule has 9 heavy (non-hydrogen) atoms. The van der Waals surface area contributed by atoms with E-state index < -0.39 is 0 Å². The molecule has 0 aromatic heterocycles. The van der Waals surface area contributed by atoms with Gasteiger partial charge in [0.2, 0.25) is 0 Å². The summed E-state index contributed by atoms with van der Waals surface area (Å²) in [5, 5.41) is 0. The van der Waals surface area contributed by atoms with E-state index in [-0.39, 0.29) is 0 Å². The van der Waals surface area contributed by atoms with Crippen molar-refractivity contribution in [2.75, 3.05) is 0 Å². The average Bonchev–Trinajstić information content (AvgIpc) is 2.18. The van der Waals surface area contributed by atoms with Gasteiger partial charge in [-0.25, -0.2) is 0 Å². The highest BCUT2D eigenvalue weighted by molar-refractivity contribution is 4.91. The van der Waals surface area contributed by atoms with Crippen LogP contribution in [-0.2, 0) is 0 Å². The van der Waals surface area contributed by atoms with E-state index >= 15 is 0 Å². The summed E-state index contributed by atoms with van der Waals surface area (Å²) in [6, 6.07) is 0. The maximum Gasteiger partial charge on any atom is -0.0208 e. The van der Waals surface area contributed by atoms with Gasteiger partial charge in [-0.05, 0) is 25.2 Å². The van der Waals surface area contributed by atoms with Crippen LogP contribution in [0, 0.1) is 11.8 Å². The van der Waals surface area contributed by atoms with Crippen LogP contribution >= 0.6 is 0 Å². The Hall–Kier alpha value is -0.260. The van der Waals surface area contributed by atoms with Crippen molar-refractivity contribution in [1.29, 1.82) is 0 Å². The second-order valence-corrected chi connectivity index (χ2v) is 3.10. The summed E-state index contributed by atoms with van der Waals surface area (Å²) < 4.78 is 0. The molecule has 1 unspecified atom stereocenters. The predicted molar refractivity (Wildman–Crippen MR) is 41.3 cm³/mol. The SMILES string of the molecule is C/C=C/C1CCC[C@@H]1C. The van der Waals surface area contributed by atoms with E-state index in [0.717, 1.165) is 11.8 Å². The van der Waals surface area contributed by atoms with Crippen molar-refractivity contribution < 1.29 is 0 Å². The van der Waals surface area contributed by atoms with Crippen LogP contribution in [-0.4, -0.2) is 0 Å². The zero-order chi connectivity index (χ0) is 6.69. The van der Waals surface area contributed by atoms with Gasteiger partial charge in [0.05, 0.1) is 0 Å². The monoisotopic (exact) mass is 124 g/mol. The molecule has 0 amide bonds. The highest BCUT2D eigenvalue weighted by atomic mass is 14.2. The molecule has 0 spiro atoms. The lowest BCUT2D eigenvalue weighted by Gasteiger charge is -2.07. The molecule has 52 valence electrons. The van der Waals surface area contributed by atoms with Crippen molar-refractivity contribution in [3.63, 3.8) is 0 Å². The summed E-state index contributed by atoms with van der Waals surface area (Å²) >= 11 is 0. The van der Waals surface area contributed by atoms with E-state index in [9.17, 15) is 0 Å². The van der Waals surface area contributed by atoms with Gasteiger partial charge in [-0.2, -0.15) is 0 Å². The summed E-state index contributed by atoms with van der Waals surface area (Å²) in [4.78, 5) is 0. The minimum atomic E-state index is 0.898. The molecule has 0 nitrogen and oxygen atoms in total. The second-order valence-electron chi connectivity index (χ2n) is 3.10. The van der Waals surface area contributed by atoms with Crippen LogP contribution in [0.2, 0.25) is 0 Å². The fourth-order valence-corrected chi connectivity index (χ4v) is 1.71. The first-order valence-electron chi connectivity index (χ1n) is 3.97. The Kier molecular flexibility index (Phi) is 2.32. The van der Waals surface area contributed by atoms with Crippen LogP contribution in [0.15, 0.2) is 12.2 Å². The quantitative estimate of drug-likeness (QED) is 0.471. The first-order valence-corrected chi connectivity index (χ1v) is 3.97. The van der Waals surface area contributed by atoms with Crippen LogP contribution in [0.25, 0.3) is 0 Å². The van der Waals surface area contributed by atoms with Crippen molar-refractivity contribution in [1.82, 2.24) is 0 Å². The van der Waals surface area contributed by atoms with Crippen LogP contribution in [0.3, 0.4) is 0 Å². The molecule has 0 heteroatoms. The standard InChI is InChI=1S/C9H16/c1-3-5-9-7-4-6-8(9)2/h3,5,8-9H,4,6-7H2,1-2H3/b5-3+/t8-,9?/m0/s1. The number of rotatable bonds is 1. The van der Waals surface area contributed by atoms with Gasteiger partial charge >= 0.3 is 0 Å². The summed E-state index contributed by atoms with van der Waals surface area (Å²) in [7, 11) is 0. The summed E-state index contributed by atoms with van der Waals surface area (Å²) in [6.07, 6.45) is 8.85. The summed E-state index contributed by atoms with van der Waals surface area (Å²) in [5.41, 5.74) is 0. The Morgan fingerprint density at radius 1 is 1.33 bits per heavy atom. The van der Waals surface area contributed by atoms with Crippen LogP contribution in [0.1, 0.15) is 33.1 Å². The smallest absolute Gasteiger partial charge is 0.0208 e. The summed E-state index contributed by atoms with van der Waals surface area (Å²) in [6.45, 7) is 4.47. The van der Waals surface area contributed by atoms with Crippen LogP contribution < -0.4 is 0 Å². The third kappa shape index (κ3) is 1.57.